The number of amides is 1. The second-order valence-electron chi connectivity index (χ2n) is 5.41. The molecule has 0 saturated carbocycles. The minimum absolute atomic E-state index is 0.0237. The Morgan fingerprint density at radius 3 is 3.00 bits per heavy atom. The van der Waals surface area contributed by atoms with Gasteiger partial charge < -0.3 is 20.1 Å². The summed E-state index contributed by atoms with van der Waals surface area (Å²) in [5.41, 5.74) is 0.759. The number of rotatable bonds is 6. The van der Waals surface area contributed by atoms with Crippen molar-refractivity contribution >= 4 is 11.6 Å². The number of hydrogen-bond acceptors (Lipinski definition) is 4. The molecule has 0 bridgehead atoms. The van der Waals surface area contributed by atoms with Crippen molar-refractivity contribution < 1.29 is 14.3 Å². The van der Waals surface area contributed by atoms with E-state index in [2.05, 4.69) is 17.6 Å². The minimum Gasteiger partial charge on any atom is -0.491 e. The number of methoxy groups -OCH3 is 1. The van der Waals surface area contributed by atoms with E-state index in [1.165, 1.54) is 0 Å². The summed E-state index contributed by atoms with van der Waals surface area (Å²) in [6.45, 7) is 3.15. The van der Waals surface area contributed by atoms with Crippen LogP contribution < -0.4 is 15.4 Å². The molecule has 1 aromatic carbocycles. The second kappa shape index (κ2) is 8.00. The number of nitrogens with one attached hydrogen (secondary N) is 2. The summed E-state index contributed by atoms with van der Waals surface area (Å²) in [5.74, 6) is 0.755. The number of carbonyl (C=O) groups excluding carboxylic acids is 1. The van der Waals surface area contributed by atoms with E-state index in [-0.39, 0.29) is 11.9 Å². The van der Waals surface area contributed by atoms with Gasteiger partial charge in [0.1, 0.15) is 12.4 Å². The molecule has 1 aromatic rings. The Kier molecular flexibility index (Phi) is 6.02. The van der Waals surface area contributed by atoms with Crippen molar-refractivity contribution in [2.45, 2.75) is 38.3 Å². The summed E-state index contributed by atoms with van der Waals surface area (Å²) in [7, 11) is 1.64. The fraction of sp³-hybridized carbons (Fsp3) is 0.562. The Hall–Kier alpha value is -1.59. The van der Waals surface area contributed by atoms with Gasteiger partial charge in [-0.1, -0.05) is 6.07 Å². The van der Waals surface area contributed by atoms with Crippen LogP contribution in [0.2, 0.25) is 0 Å². The van der Waals surface area contributed by atoms with Crippen molar-refractivity contribution in [2.24, 2.45) is 0 Å². The molecule has 1 saturated heterocycles. The smallest absolute Gasteiger partial charge is 0.241 e. The van der Waals surface area contributed by atoms with E-state index in [4.69, 9.17) is 9.47 Å². The predicted molar refractivity (Wildman–Crippen MR) is 82.7 cm³/mol. The number of carbonyl (C=O) groups is 1. The Morgan fingerprint density at radius 2 is 2.24 bits per heavy atom. The highest BCUT2D eigenvalue weighted by Crippen LogP contribution is 2.19. The molecule has 1 aliphatic rings. The molecule has 5 nitrogen and oxygen atoms in total. The lowest BCUT2D eigenvalue weighted by molar-refractivity contribution is -0.118. The van der Waals surface area contributed by atoms with Crippen LogP contribution >= 0.6 is 0 Å². The fourth-order valence-corrected chi connectivity index (χ4v) is 2.48. The van der Waals surface area contributed by atoms with Gasteiger partial charge in [0.15, 0.2) is 0 Å². The average molecular weight is 292 g/mol. The molecule has 0 spiro atoms. The molecule has 1 aliphatic heterocycles. The van der Waals surface area contributed by atoms with Crippen molar-refractivity contribution in [2.75, 3.05) is 25.6 Å². The quantitative estimate of drug-likeness (QED) is 0.789. The third kappa shape index (κ3) is 5.02. The van der Waals surface area contributed by atoms with E-state index in [0.717, 1.165) is 30.7 Å². The van der Waals surface area contributed by atoms with Gasteiger partial charge in [0.2, 0.25) is 5.91 Å². The van der Waals surface area contributed by atoms with Gasteiger partial charge in [-0.05, 0) is 38.3 Å². The van der Waals surface area contributed by atoms with Crippen molar-refractivity contribution in [3.8, 4) is 5.75 Å². The summed E-state index contributed by atoms with van der Waals surface area (Å²) in [6.07, 6.45) is 3.11. The normalized spacial score (nSPS) is 21.8. The van der Waals surface area contributed by atoms with Crippen LogP contribution in [0.15, 0.2) is 24.3 Å². The average Bonchev–Trinajstić information content (AvgIpc) is 2.48. The molecular formula is C16H24N2O3. The van der Waals surface area contributed by atoms with Crippen molar-refractivity contribution in [3.63, 3.8) is 0 Å². The topological polar surface area (TPSA) is 59.6 Å². The van der Waals surface area contributed by atoms with Crippen molar-refractivity contribution in [3.05, 3.63) is 24.3 Å². The Labute approximate surface area is 126 Å². The first-order chi connectivity index (χ1) is 10.2. The number of hydrogen-bond donors (Lipinski definition) is 2. The Bertz CT molecular complexity index is 465. The van der Waals surface area contributed by atoms with Gasteiger partial charge in [-0.25, -0.2) is 0 Å². The number of benzene rings is 1. The van der Waals surface area contributed by atoms with Gasteiger partial charge in [-0.3, -0.25) is 4.79 Å². The summed E-state index contributed by atoms with van der Waals surface area (Å²) >= 11 is 0. The maximum atomic E-state index is 12.3. The summed E-state index contributed by atoms with van der Waals surface area (Å²) in [6, 6.07) is 7.73. The number of ether oxygens (including phenoxy) is 2. The summed E-state index contributed by atoms with van der Waals surface area (Å²) in [5, 5.41) is 6.28. The standard InChI is InChI=1S/C16H24N2O3/c1-12-5-3-8-15(17-12)16(19)18-13-6-4-7-14(11-13)21-10-9-20-2/h4,6-7,11-12,15,17H,3,5,8-10H2,1-2H3,(H,18,19). The molecule has 2 rings (SSSR count). The van der Waals surface area contributed by atoms with Crippen LogP contribution in [0.3, 0.4) is 0 Å². The number of anilines is 1. The first-order valence-corrected chi connectivity index (χ1v) is 7.48. The molecule has 5 heteroatoms. The summed E-state index contributed by atoms with van der Waals surface area (Å²) in [4.78, 5) is 12.3. The maximum Gasteiger partial charge on any atom is 0.241 e. The fourth-order valence-electron chi connectivity index (χ4n) is 2.48. The van der Waals surface area contributed by atoms with Crippen LogP contribution in [-0.2, 0) is 9.53 Å². The van der Waals surface area contributed by atoms with Crippen molar-refractivity contribution in [1.82, 2.24) is 5.32 Å². The molecule has 0 aromatic heterocycles. The van der Waals surface area contributed by atoms with Crippen molar-refractivity contribution in [1.29, 1.82) is 0 Å². The molecule has 1 amide bonds. The van der Waals surface area contributed by atoms with E-state index < -0.39 is 0 Å². The minimum atomic E-state index is -0.105. The molecular weight excluding hydrogens is 268 g/mol. The molecule has 1 heterocycles. The van der Waals surface area contributed by atoms with Crippen LogP contribution in [0, 0.1) is 0 Å². The zero-order valence-corrected chi connectivity index (χ0v) is 12.7. The highest BCUT2D eigenvalue weighted by Gasteiger charge is 2.24. The molecule has 2 N–H and O–H groups in total. The largest absolute Gasteiger partial charge is 0.491 e. The lowest BCUT2D eigenvalue weighted by Crippen LogP contribution is -2.47. The molecule has 2 atom stereocenters. The SMILES string of the molecule is COCCOc1cccc(NC(=O)C2CCCC(C)N2)c1. The zero-order valence-electron chi connectivity index (χ0n) is 12.7. The molecule has 2 unspecified atom stereocenters. The van der Waals surface area contributed by atoms with Crippen LogP contribution in [0.4, 0.5) is 5.69 Å². The maximum absolute atomic E-state index is 12.3. The zero-order chi connectivity index (χ0) is 15.1. The van der Waals surface area contributed by atoms with Gasteiger partial charge in [0, 0.05) is 24.9 Å². The highest BCUT2D eigenvalue weighted by molar-refractivity contribution is 5.95. The Balaban J connectivity index is 1.89. The molecule has 116 valence electrons. The summed E-state index contributed by atoms with van der Waals surface area (Å²) < 4.78 is 10.5. The van der Waals surface area contributed by atoms with E-state index in [1.54, 1.807) is 7.11 Å². The lowest BCUT2D eigenvalue weighted by atomic mass is 9.99. The highest BCUT2D eigenvalue weighted by atomic mass is 16.5. The van der Waals surface area contributed by atoms with Crippen LogP contribution in [0.1, 0.15) is 26.2 Å². The van der Waals surface area contributed by atoms with Crippen LogP contribution in [0.25, 0.3) is 0 Å². The number of piperidine rings is 1. The van der Waals surface area contributed by atoms with E-state index in [0.29, 0.717) is 19.3 Å². The third-order valence-corrected chi connectivity index (χ3v) is 3.59. The van der Waals surface area contributed by atoms with Gasteiger partial charge in [-0.2, -0.15) is 0 Å². The Morgan fingerprint density at radius 1 is 1.38 bits per heavy atom. The van der Waals surface area contributed by atoms with E-state index >= 15 is 0 Å². The van der Waals surface area contributed by atoms with Gasteiger partial charge in [-0.15, -0.1) is 0 Å². The first kappa shape index (κ1) is 15.8. The first-order valence-electron chi connectivity index (χ1n) is 7.48. The van der Waals surface area contributed by atoms with Gasteiger partial charge in [0.25, 0.3) is 0 Å². The van der Waals surface area contributed by atoms with E-state index in [1.807, 2.05) is 24.3 Å². The molecule has 1 fully saturated rings. The molecule has 0 radical (unpaired) electrons. The van der Waals surface area contributed by atoms with Gasteiger partial charge >= 0.3 is 0 Å². The third-order valence-electron chi connectivity index (χ3n) is 3.59. The predicted octanol–water partition coefficient (Wildman–Crippen LogP) is 2.18. The molecule has 0 aliphatic carbocycles. The van der Waals surface area contributed by atoms with Crippen LogP contribution in [0.5, 0.6) is 5.75 Å². The lowest BCUT2D eigenvalue weighted by Gasteiger charge is -2.27. The van der Waals surface area contributed by atoms with E-state index in [9.17, 15) is 4.79 Å². The second-order valence-corrected chi connectivity index (χ2v) is 5.41. The monoisotopic (exact) mass is 292 g/mol. The molecule has 21 heavy (non-hydrogen) atoms. The van der Waals surface area contributed by atoms with Gasteiger partial charge in [0.05, 0.1) is 12.6 Å². The van der Waals surface area contributed by atoms with Crippen LogP contribution in [-0.4, -0.2) is 38.3 Å².